The monoisotopic (exact) mass is 284 g/mol. The summed E-state index contributed by atoms with van der Waals surface area (Å²) in [5, 5.41) is 6.05. The number of aryl methyl sites for hydroxylation is 1. The first-order valence-corrected chi connectivity index (χ1v) is 7.51. The molecule has 0 aliphatic heterocycles. The van der Waals surface area contributed by atoms with E-state index in [1.165, 1.54) is 4.88 Å². The zero-order chi connectivity index (χ0) is 13.9. The first kappa shape index (κ1) is 12.9. The summed E-state index contributed by atoms with van der Waals surface area (Å²) in [7, 11) is 0. The first-order chi connectivity index (χ1) is 9.75. The van der Waals surface area contributed by atoms with E-state index in [-0.39, 0.29) is 5.91 Å². The van der Waals surface area contributed by atoms with Crippen molar-refractivity contribution in [3.05, 3.63) is 57.9 Å². The average molecular weight is 284 g/mol. The van der Waals surface area contributed by atoms with Crippen molar-refractivity contribution in [1.82, 2.24) is 10.3 Å². The highest BCUT2D eigenvalue weighted by Gasteiger charge is 2.14. The number of carbonyl (C=O) groups excluding carboxylic acids is 1. The summed E-state index contributed by atoms with van der Waals surface area (Å²) in [6.07, 6.45) is 0.880. The van der Waals surface area contributed by atoms with Crippen molar-refractivity contribution < 1.29 is 4.79 Å². The van der Waals surface area contributed by atoms with Crippen LogP contribution in [0.2, 0.25) is 0 Å². The Morgan fingerprint density at radius 3 is 2.90 bits per heavy atom. The fraction of sp³-hybridized carbons (Fsp3) is 0.188. The van der Waals surface area contributed by atoms with Crippen LogP contribution in [0, 0.1) is 6.92 Å². The van der Waals surface area contributed by atoms with E-state index < -0.39 is 0 Å². The van der Waals surface area contributed by atoms with E-state index >= 15 is 0 Å². The van der Waals surface area contributed by atoms with Gasteiger partial charge in [-0.3, -0.25) is 4.79 Å². The molecular formula is C16H16N2OS. The Kier molecular flexibility index (Phi) is 3.56. The summed E-state index contributed by atoms with van der Waals surface area (Å²) >= 11 is 1.72. The van der Waals surface area contributed by atoms with E-state index in [4.69, 9.17) is 0 Å². The van der Waals surface area contributed by atoms with Gasteiger partial charge in [0.05, 0.1) is 5.56 Å². The highest BCUT2D eigenvalue weighted by atomic mass is 32.1. The molecule has 4 heteroatoms. The Morgan fingerprint density at radius 1 is 1.25 bits per heavy atom. The van der Waals surface area contributed by atoms with Crippen LogP contribution in [0.5, 0.6) is 0 Å². The number of amides is 1. The van der Waals surface area contributed by atoms with Crippen molar-refractivity contribution in [2.24, 2.45) is 0 Å². The van der Waals surface area contributed by atoms with Crippen molar-refractivity contribution in [1.29, 1.82) is 0 Å². The van der Waals surface area contributed by atoms with Crippen LogP contribution in [0.25, 0.3) is 10.9 Å². The van der Waals surface area contributed by atoms with Gasteiger partial charge in [-0.1, -0.05) is 24.3 Å². The molecular weight excluding hydrogens is 268 g/mol. The van der Waals surface area contributed by atoms with Crippen LogP contribution in [0.4, 0.5) is 0 Å². The normalized spacial score (nSPS) is 10.8. The largest absolute Gasteiger partial charge is 0.358 e. The van der Waals surface area contributed by atoms with Crippen LogP contribution in [-0.4, -0.2) is 17.4 Å². The SMILES string of the molecule is Cc1[nH]c2ccccc2c1C(=O)NCCc1cccs1. The Labute approximate surface area is 121 Å². The molecule has 102 valence electrons. The number of rotatable bonds is 4. The second-order valence-electron chi connectivity index (χ2n) is 4.76. The topological polar surface area (TPSA) is 44.9 Å². The van der Waals surface area contributed by atoms with E-state index in [9.17, 15) is 4.79 Å². The van der Waals surface area contributed by atoms with Gasteiger partial charge in [0.15, 0.2) is 0 Å². The second-order valence-corrected chi connectivity index (χ2v) is 5.79. The molecule has 1 amide bonds. The van der Waals surface area contributed by atoms with Crippen molar-refractivity contribution in [2.45, 2.75) is 13.3 Å². The van der Waals surface area contributed by atoms with Crippen molar-refractivity contribution in [2.75, 3.05) is 6.54 Å². The molecule has 1 aromatic carbocycles. The van der Waals surface area contributed by atoms with E-state index in [0.29, 0.717) is 6.54 Å². The molecule has 0 saturated carbocycles. The number of aromatic amines is 1. The smallest absolute Gasteiger partial charge is 0.253 e. The second kappa shape index (κ2) is 5.51. The molecule has 3 rings (SSSR count). The van der Waals surface area contributed by atoms with Gasteiger partial charge in [0, 0.05) is 28.0 Å². The number of nitrogens with one attached hydrogen (secondary N) is 2. The van der Waals surface area contributed by atoms with E-state index in [1.54, 1.807) is 11.3 Å². The zero-order valence-electron chi connectivity index (χ0n) is 11.3. The van der Waals surface area contributed by atoms with Crippen molar-refractivity contribution >= 4 is 28.1 Å². The molecule has 0 radical (unpaired) electrons. The minimum Gasteiger partial charge on any atom is -0.358 e. The van der Waals surface area contributed by atoms with Crippen LogP contribution < -0.4 is 5.32 Å². The minimum atomic E-state index is -0.00324. The van der Waals surface area contributed by atoms with Gasteiger partial charge >= 0.3 is 0 Å². The van der Waals surface area contributed by atoms with Gasteiger partial charge in [0.1, 0.15) is 0 Å². The van der Waals surface area contributed by atoms with E-state index in [0.717, 1.165) is 28.6 Å². The Balaban J connectivity index is 1.74. The molecule has 0 saturated heterocycles. The molecule has 0 fully saturated rings. The average Bonchev–Trinajstić information content (AvgIpc) is 3.04. The van der Waals surface area contributed by atoms with Gasteiger partial charge in [-0.25, -0.2) is 0 Å². The molecule has 0 unspecified atom stereocenters. The van der Waals surface area contributed by atoms with E-state index in [2.05, 4.69) is 21.7 Å². The fourth-order valence-corrected chi connectivity index (χ4v) is 3.12. The molecule has 0 spiro atoms. The predicted molar refractivity (Wildman–Crippen MR) is 83.4 cm³/mol. The molecule has 0 aliphatic rings. The Hall–Kier alpha value is -2.07. The summed E-state index contributed by atoms with van der Waals surface area (Å²) in [5.74, 6) is -0.00324. The summed E-state index contributed by atoms with van der Waals surface area (Å²) in [6.45, 7) is 2.60. The van der Waals surface area contributed by atoms with Gasteiger partial charge in [-0.2, -0.15) is 0 Å². The quantitative estimate of drug-likeness (QED) is 0.756. The maximum absolute atomic E-state index is 12.3. The number of H-pyrrole nitrogens is 1. The highest BCUT2D eigenvalue weighted by molar-refractivity contribution is 7.09. The standard InChI is InChI=1S/C16H16N2OS/c1-11-15(13-6-2-3-7-14(13)18-11)16(19)17-9-8-12-5-4-10-20-12/h2-7,10,18H,8-9H2,1H3,(H,17,19). The lowest BCUT2D eigenvalue weighted by atomic mass is 10.1. The van der Waals surface area contributed by atoms with Gasteiger partial charge in [-0.05, 0) is 30.9 Å². The number of carbonyl (C=O) groups is 1. The zero-order valence-corrected chi connectivity index (χ0v) is 12.1. The maximum atomic E-state index is 12.3. The van der Waals surface area contributed by atoms with Crippen LogP contribution in [-0.2, 0) is 6.42 Å². The van der Waals surface area contributed by atoms with Crippen LogP contribution >= 0.6 is 11.3 Å². The van der Waals surface area contributed by atoms with Crippen molar-refractivity contribution in [3.63, 3.8) is 0 Å². The minimum absolute atomic E-state index is 0.00324. The summed E-state index contributed by atoms with van der Waals surface area (Å²) in [4.78, 5) is 16.9. The number of hydrogen-bond donors (Lipinski definition) is 2. The summed E-state index contributed by atoms with van der Waals surface area (Å²) in [6, 6.07) is 12.0. The molecule has 2 heterocycles. The number of para-hydroxylation sites is 1. The van der Waals surface area contributed by atoms with E-state index in [1.807, 2.05) is 37.3 Å². The number of benzene rings is 1. The molecule has 2 N–H and O–H groups in total. The lowest BCUT2D eigenvalue weighted by Crippen LogP contribution is -2.25. The number of thiophene rings is 1. The van der Waals surface area contributed by atoms with Crippen LogP contribution in [0.15, 0.2) is 41.8 Å². The lowest BCUT2D eigenvalue weighted by molar-refractivity contribution is 0.0955. The Morgan fingerprint density at radius 2 is 2.10 bits per heavy atom. The number of aromatic nitrogens is 1. The Bertz CT molecular complexity index is 728. The summed E-state index contributed by atoms with van der Waals surface area (Å²) in [5.41, 5.74) is 2.68. The first-order valence-electron chi connectivity index (χ1n) is 6.63. The number of hydrogen-bond acceptors (Lipinski definition) is 2. The molecule has 0 atom stereocenters. The lowest BCUT2D eigenvalue weighted by Gasteiger charge is -2.04. The molecule has 3 nitrogen and oxygen atoms in total. The van der Waals surface area contributed by atoms with Gasteiger partial charge in [-0.15, -0.1) is 11.3 Å². The fourth-order valence-electron chi connectivity index (χ4n) is 2.41. The van der Waals surface area contributed by atoms with Gasteiger partial charge in [0.25, 0.3) is 5.91 Å². The van der Waals surface area contributed by atoms with Gasteiger partial charge in [0.2, 0.25) is 0 Å². The third kappa shape index (κ3) is 2.47. The number of fused-ring (bicyclic) bond motifs is 1. The predicted octanol–water partition coefficient (Wildman–Crippen LogP) is 3.51. The van der Waals surface area contributed by atoms with Gasteiger partial charge < -0.3 is 10.3 Å². The molecule has 0 aliphatic carbocycles. The summed E-state index contributed by atoms with van der Waals surface area (Å²) < 4.78 is 0. The molecule has 2 aromatic heterocycles. The van der Waals surface area contributed by atoms with Crippen LogP contribution in [0.1, 0.15) is 20.9 Å². The third-order valence-electron chi connectivity index (χ3n) is 3.36. The highest BCUT2D eigenvalue weighted by Crippen LogP contribution is 2.21. The molecule has 20 heavy (non-hydrogen) atoms. The maximum Gasteiger partial charge on any atom is 0.253 e. The molecule has 3 aromatic rings. The molecule has 0 bridgehead atoms. The van der Waals surface area contributed by atoms with Crippen LogP contribution in [0.3, 0.4) is 0 Å². The van der Waals surface area contributed by atoms with Crippen molar-refractivity contribution in [3.8, 4) is 0 Å². The third-order valence-corrected chi connectivity index (χ3v) is 4.29.